The van der Waals surface area contributed by atoms with E-state index in [9.17, 15) is 24.0 Å². The van der Waals surface area contributed by atoms with Crippen LogP contribution in [0.3, 0.4) is 0 Å². The topological polar surface area (TPSA) is 201 Å². The van der Waals surface area contributed by atoms with Crippen molar-refractivity contribution in [2.45, 2.75) is 70.3 Å². The van der Waals surface area contributed by atoms with E-state index >= 15 is 0 Å². The molecule has 0 aromatic rings. The van der Waals surface area contributed by atoms with Crippen molar-refractivity contribution < 1.29 is 53.1 Å². The number of aliphatic carboxylic acids is 2. The van der Waals surface area contributed by atoms with Crippen molar-refractivity contribution in [1.29, 1.82) is 0 Å². The Morgan fingerprint density at radius 3 is 1.69 bits per heavy atom. The molecule has 39 heavy (non-hydrogen) atoms. The number of carboxylic acid groups (broad SMARTS) is 2. The van der Waals surface area contributed by atoms with Crippen LogP contribution in [0.2, 0.25) is 0 Å². The highest BCUT2D eigenvalue weighted by Gasteiger charge is 2.29. The average Bonchev–Trinajstić information content (AvgIpc) is 2.90. The molecule has 0 saturated heterocycles. The van der Waals surface area contributed by atoms with Gasteiger partial charge in [0.2, 0.25) is 5.91 Å². The molecule has 5 N–H and O–H groups in total. The van der Waals surface area contributed by atoms with Gasteiger partial charge in [0.1, 0.15) is 18.1 Å². The Bertz CT molecular complexity index is 691. The molecule has 1 amide bonds. The van der Waals surface area contributed by atoms with E-state index in [0.717, 1.165) is 32.1 Å². The van der Waals surface area contributed by atoms with Crippen molar-refractivity contribution in [3.8, 4) is 0 Å². The van der Waals surface area contributed by atoms with Crippen LogP contribution in [0.25, 0.3) is 0 Å². The number of aldehydes is 1. The molecular formula is C26H46N2O11. The number of unbranched alkanes of at least 4 members (excludes halogenated alkanes) is 5. The second-order valence-electron chi connectivity index (χ2n) is 8.90. The van der Waals surface area contributed by atoms with Gasteiger partial charge in [-0.2, -0.15) is 0 Å². The molecule has 0 spiro atoms. The van der Waals surface area contributed by atoms with Crippen LogP contribution in [0.5, 0.6) is 0 Å². The number of nitrogens with two attached hydrogens (primary N) is 1. The summed E-state index contributed by atoms with van der Waals surface area (Å²) in [6, 6.07) is -1.42. The van der Waals surface area contributed by atoms with Gasteiger partial charge >= 0.3 is 11.9 Å². The van der Waals surface area contributed by atoms with Crippen LogP contribution in [0.1, 0.15) is 64.2 Å². The van der Waals surface area contributed by atoms with Gasteiger partial charge in [0.15, 0.2) is 0 Å². The van der Waals surface area contributed by atoms with Gasteiger partial charge in [-0.3, -0.25) is 19.2 Å². The Kier molecular flexibility index (Phi) is 24.2. The van der Waals surface area contributed by atoms with Crippen LogP contribution in [-0.4, -0.2) is 106 Å². The standard InChI is InChI=1S/C26H46N2O11/c27-25(26(34)35)21(9-12-29)22(30)10-13-36-15-17-38-19-20-39-18-16-37-14-11-28-23(31)7-5-3-1-2-4-6-8-24(32)33/h12,21,25H,1-11,13-20,27H2,(H,28,31)(H,32,33)(H,34,35)/t21?,25-/m0/s1. The second kappa shape index (κ2) is 25.8. The number of nitrogens with one attached hydrogen (secondary N) is 1. The lowest BCUT2D eigenvalue weighted by atomic mass is 9.91. The predicted molar refractivity (Wildman–Crippen MR) is 140 cm³/mol. The molecule has 13 nitrogen and oxygen atoms in total. The maximum atomic E-state index is 12.1. The molecular weight excluding hydrogens is 516 g/mol. The highest BCUT2D eigenvalue weighted by Crippen LogP contribution is 2.11. The number of carboxylic acids is 2. The summed E-state index contributed by atoms with van der Waals surface area (Å²) in [7, 11) is 0. The minimum absolute atomic E-state index is 0.00191. The fourth-order valence-corrected chi connectivity index (χ4v) is 3.49. The highest BCUT2D eigenvalue weighted by atomic mass is 16.6. The van der Waals surface area contributed by atoms with Gasteiger partial charge in [-0.25, -0.2) is 0 Å². The SMILES string of the molecule is N[C@H](C(=O)O)C(CC=O)C(=O)CCOCCOCCOCCOCCNC(=O)CCCCCCCCC(=O)O. The maximum absolute atomic E-state index is 12.1. The van der Waals surface area contributed by atoms with E-state index in [1.807, 2.05) is 0 Å². The fraction of sp³-hybridized carbons (Fsp3) is 0.808. The van der Waals surface area contributed by atoms with Gasteiger partial charge in [0.25, 0.3) is 0 Å². The first kappa shape index (κ1) is 36.5. The van der Waals surface area contributed by atoms with Crippen LogP contribution in [0.15, 0.2) is 0 Å². The Labute approximate surface area is 230 Å². The summed E-state index contributed by atoms with van der Waals surface area (Å²) in [4.78, 5) is 55.8. The zero-order chi connectivity index (χ0) is 29.1. The van der Waals surface area contributed by atoms with E-state index in [0.29, 0.717) is 65.3 Å². The van der Waals surface area contributed by atoms with E-state index in [1.165, 1.54) is 0 Å². The quantitative estimate of drug-likeness (QED) is 0.0744. The van der Waals surface area contributed by atoms with E-state index < -0.39 is 29.7 Å². The van der Waals surface area contributed by atoms with Crippen molar-refractivity contribution in [2.24, 2.45) is 11.7 Å². The molecule has 0 bridgehead atoms. The van der Waals surface area contributed by atoms with E-state index in [4.69, 9.17) is 34.9 Å². The molecule has 0 fully saturated rings. The van der Waals surface area contributed by atoms with Crippen molar-refractivity contribution in [1.82, 2.24) is 5.32 Å². The van der Waals surface area contributed by atoms with E-state index in [1.54, 1.807) is 0 Å². The Morgan fingerprint density at radius 1 is 0.692 bits per heavy atom. The van der Waals surface area contributed by atoms with E-state index in [2.05, 4.69) is 5.32 Å². The molecule has 0 aliphatic rings. The van der Waals surface area contributed by atoms with Crippen molar-refractivity contribution in [3.05, 3.63) is 0 Å². The van der Waals surface area contributed by atoms with Gasteiger partial charge in [-0.1, -0.05) is 25.7 Å². The molecule has 226 valence electrons. The first-order chi connectivity index (χ1) is 18.8. The first-order valence-corrected chi connectivity index (χ1v) is 13.5. The van der Waals surface area contributed by atoms with Crippen molar-refractivity contribution in [2.75, 3.05) is 59.4 Å². The molecule has 0 rings (SSSR count). The van der Waals surface area contributed by atoms with Crippen LogP contribution in [0.4, 0.5) is 0 Å². The zero-order valence-corrected chi connectivity index (χ0v) is 22.8. The number of hydrogen-bond donors (Lipinski definition) is 4. The molecule has 2 atom stereocenters. The average molecular weight is 563 g/mol. The van der Waals surface area contributed by atoms with Crippen LogP contribution in [-0.2, 0) is 42.9 Å². The minimum Gasteiger partial charge on any atom is -0.481 e. The maximum Gasteiger partial charge on any atom is 0.321 e. The van der Waals surface area contributed by atoms with Crippen LogP contribution >= 0.6 is 0 Å². The second-order valence-corrected chi connectivity index (χ2v) is 8.90. The third kappa shape index (κ3) is 23.2. The first-order valence-electron chi connectivity index (χ1n) is 13.5. The number of rotatable bonds is 29. The molecule has 0 radical (unpaired) electrons. The highest BCUT2D eigenvalue weighted by molar-refractivity contribution is 5.89. The van der Waals surface area contributed by atoms with Gasteiger partial charge in [-0.15, -0.1) is 0 Å². The monoisotopic (exact) mass is 562 g/mol. The number of ether oxygens (including phenoxy) is 4. The van der Waals surface area contributed by atoms with E-state index in [-0.39, 0.29) is 38.4 Å². The van der Waals surface area contributed by atoms with Crippen molar-refractivity contribution in [3.63, 3.8) is 0 Å². The number of carbonyl (C=O) groups excluding carboxylic acids is 3. The van der Waals surface area contributed by atoms with Gasteiger partial charge in [0, 0.05) is 32.2 Å². The molecule has 0 aromatic heterocycles. The van der Waals surface area contributed by atoms with Gasteiger partial charge < -0.3 is 45.0 Å². The number of carbonyl (C=O) groups is 5. The smallest absolute Gasteiger partial charge is 0.321 e. The summed E-state index contributed by atoms with van der Waals surface area (Å²) >= 11 is 0. The Balaban J connectivity index is 3.43. The Morgan fingerprint density at radius 2 is 1.18 bits per heavy atom. The molecule has 13 heteroatoms. The Hall–Kier alpha value is -2.45. The fourth-order valence-electron chi connectivity index (χ4n) is 3.49. The summed E-state index contributed by atoms with van der Waals surface area (Å²) in [5.74, 6) is -3.57. The zero-order valence-electron chi connectivity index (χ0n) is 22.8. The lowest BCUT2D eigenvalue weighted by Gasteiger charge is -2.17. The summed E-state index contributed by atoms with van der Waals surface area (Å²) in [6.45, 7) is 2.98. The molecule has 0 heterocycles. The van der Waals surface area contributed by atoms with Crippen LogP contribution < -0.4 is 11.1 Å². The molecule has 0 aliphatic carbocycles. The summed E-state index contributed by atoms with van der Waals surface area (Å²) in [6.07, 6.45) is 6.31. The lowest BCUT2D eigenvalue weighted by molar-refractivity contribution is -0.143. The third-order valence-corrected chi connectivity index (χ3v) is 5.70. The minimum atomic E-state index is -1.42. The number of ketones is 1. The van der Waals surface area contributed by atoms with Crippen molar-refractivity contribution >= 4 is 29.9 Å². The number of amides is 1. The van der Waals surface area contributed by atoms with Crippen LogP contribution in [0, 0.1) is 5.92 Å². The summed E-state index contributed by atoms with van der Waals surface area (Å²) in [5.41, 5.74) is 5.46. The summed E-state index contributed by atoms with van der Waals surface area (Å²) in [5, 5.41) is 20.3. The molecule has 1 unspecified atom stereocenters. The summed E-state index contributed by atoms with van der Waals surface area (Å²) < 4.78 is 21.4. The number of hydrogen-bond acceptors (Lipinski definition) is 10. The molecule has 0 aromatic carbocycles. The van der Waals surface area contributed by atoms with Gasteiger partial charge in [-0.05, 0) is 12.8 Å². The molecule has 0 saturated carbocycles. The lowest BCUT2D eigenvalue weighted by Crippen LogP contribution is -2.42. The largest absolute Gasteiger partial charge is 0.481 e. The number of Topliss-reactive ketones (excluding diaryl/α,β-unsaturated/α-hetero) is 1. The third-order valence-electron chi connectivity index (χ3n) is 5.70. The van der Waals surface area contributed by atoms with Gasteiger partial charge in [0.05, 0.1) is 58.8 Å². The predicted octanol–water partition coefficient (Wildman–Crippen LogP) is 0.951. The normalized spacial score (nSPS) is 12.5. The molecule has 0 aliphatic heterocycles.